The van der Waals surface area contributed by atoms with Crippen molar-refractivity contribution < 1.29 is 0 Å². The lowest BCUT2D eigenvalue weighted by Crippen LogP contribution is -2.37. The van der Waals surface area contributed by atoms with Gasteiger partial charge in [-0.15, -0.1) is 0 Å². The van der Waals surface area contributed by atoms with Crippen LogP contribution in [0.1, 0.15) is 39.5 Å². The van der Waals surface area contributed by atoms with Crippen molar-refractivity contribution in [3.05, 3.63) is 0 Å². The summed E-state index contributed by atoms with van der Waals surface area (Å²) in [5.74, 6) is 0. The molecular formula is C10H22N2. The first-order valence-electron chi connectivity index (χ1n) is 5.23. The summed E-state index contributed by atoms with van der Waals surface area (Å²) in [7, 11) is 0. The van der Waals surface area contributed by atoms with Crippen molar-refractivity contribution in [2.75, 3.05) is 13.1 Å². The molecule has 0 heterocycles. The van der Waals surface area contributed by atoms with Crippen LogP contribution in [0.15, 0.2) is 0 Å². The van der Waals surface area contributed by atoms with Gasteiger partial charge in [0.15, 0.2) is 0 Å². The molecule has 0 unspecified atom stereocenters. The summed E-state index contributed by atoms with van der Waals surface area (Å²) in [6.45, 7) is 6.69. The Morgan fingerprint density at radius 2 is 2.17 bits per heavy atom. The highest BCUT2D eigenvalue weighted by Gasteiger charge is 2.28. The topological polar surface area (TPSA) is 29.3 Å². The Morgan fingerprint density at radius 3 is 2.58 bits per heavy atom. The van der Waals surface area contributed by atoms with Crippen molar-refractivity contribution >= 4 is 0 Å². The van der Waals surface area contributed by atoms with Crippen LogP contribution < -0.4 is 5.73 Å². The second-order valence-corrected chi connectivity index (χ2v) is 4.06. The van der Waals surface area contributed by atoms with Crippen LogP contribution in [0.3, 0.4) is 0 Å². The summed E-state index contributed by atoms with van der Waals surface area (Å²) in [5.41, 5.74) is 5.79. The average Bonchev–Trinajstić information content (AvgIpc) is 2.79. The first-order valence-corrected chi connectivity index (χ1v) is 5.23. The minimum Gasteiger partial charge on any atom is -0.327 e. The molecule has 0 aromatic carbocycles. The summed E-state index contributed by atoms with van der Waals surface area (Å²) >= 11 is 0. The van der Waals surface area contributed by atoms with Crippen LogP contribution in [-0.4, -0.2) is 30.1 Å². The normalized spacial score (nSPS) is 20.0. The molecule has 12 heavy (non-hydrogen) atoms. The van der Waals surface area contributed by atoms with Gasteiger partial charge in [-0.1, -0.05) is 13.3 Å². The molecule has 2 nitrogen and oxygen atoms in total. The maximum atomic E-state index is 5.79. The molecule has 0 aliphatic heterocycles. The molecule has 0 aromatic rings. The van der Waals surface area contributed by atoms with Gasteiger partial charge in [0.25, 0.3) is 0 Å². The van der Waals surface area contributed by atoms with Crippen LogP contribution in [0.2, 0.25) is 0 Å². The van der Waals surface area contributed by atoms with Crippen LogP contribution in [0, 0.1) is 0 Å². The fourth-order valence-corrected chi connectivity index (χ4v) is 1.59. The zero-order valence-electron chi connectivity index (χ0n) is 8.42. The van der Waals surface area contributed by atoms with Gasteiger partial charge in [0.05, 0.1) is 0 Å². The molecule has 1 rings (SSSR count). The lowest BCUT2D eigenvalue weighted by Gasteiger charge is -2.23. The summed E-state index contributed by atoms with van der Waals surface area (Å²) in [6, 6.07) is 1.21. The van der Waals surface area contributed by atoms with E-state index in [-0.39, 0.29) is 0 Å². The van der Waals surface area contributed by atoms with E-state index >= 15 is 0 Å². The van der Waals surface area contributed by atoms with Crippen LogP contribution >= 0.6 is 0 Å². The summed E-state index contributed by atoms with van der Waals surface area (Å²) in [6.07, 6.45) is 5.41. The van der Waals surface area contributed by atoms with Gasteiger partial charge in [-0.25, -0.2) is 0 Å². The number of nitrogens with two attached hydrogens (primary N) is 1. The minimum absolute atomic E-state index is 0.336. The SMILES string of the molecule is CCCCN(C[C@H](C)N)C1CC1. The Balaban J connectivity index is 2.18. The van der Waals surface area contributed by atoms with E-state index in [9.17, 15) is 0 Å². The average molecular weight is 170 g/mol. The van der Waals surface area contributed by atoms with Crippen LogP contribution in [0.5, 0.6) is 0 Å². The van der Waals surface area contributed by atoms with Gasteiger partial charge in [0.1, 0.15) is 0 Å². The second kappa shape index (κ2) is 4.83. The van der Waals surface area contributed by atoms with Gasteiger partial charge in [-0.3, -0.25) is 4.90 Å². The second-order valence-electron chi connectivity index (χ2n) is 4.06. The molecule has 2 N–H and O–H groups in total. The Hall–Kier alpha value is -0.0800. The third-order valence-electron chi connectivity index (χ3n) is 2.38. The third kappa shape index (κ3) is 3.55. The summed E-state index contributed by atoms with van der Waals surface area (Å²) < 4.78 is 0. The molecule has 0 radical (unpaired) electrons. The molecule has 1 atom stereocenters. The van der Waals surface area contributed by atoms with Crippen molar-refractivity contribution in [1.82, 2.24) is 4.90 Å². The van der Waals surface area contributed by atoms with E-state index in [0.717, 1.165) is 12.6 Å². The molecule has 0 aromatic heterocycles. The van der Waals surface area contributed by atoms with Crippen molar-refractivity contribution in [3.63, 3.8) is 0 Å². The Bertz CT molecular complexity index is 119. The molecule has 1 aliphatic rings. The van der Waals surface area contributed by atoms with Crippen molar-refractivity contribution in [2.45, 2.75) is 51.6 Å². The molecule has 1 saturated carbocycles. The number of unbranched alkanes of at least 4 members (excludes halogenated alkanes) is 1. The first-order chi connectivity index (χ1) is 5.74. The Morgan fingerprint density at radius 1 is 1.50 bits per heavy atom. The zero-order valence-corrected chi connectivity index (χ0v) is 8.42. The van der Waals surface area contributed by atoms with E-state index < -0.39 is 0 Å². The molecule has 72 valence electrons. The van der Waals surface area contributed by atoms with Gasteiger partial charge < -0.3 is 5.73 Å². The van der Waals surface area contributed by atoms with Crippen molar-refractivity contribution in [3.8, 4) is 0 Å². The maximum Gasteiger partial charge on any atom is 0.0139 e. The predicted molar refractivity (Wildman–Crippen MR) is 53.2 cm³/mol. The predicted octanol–water partition coefficient (Wildman–Crippen LogP) is 1.60. The summed E-state index contributed by atoms with van der Waals surface area (Å²) in [4.78, 5) is 2.56. The highest BCUT2D eigenvalue weighted by Crippen LogP contribution is 2.26. The lowest BCUT2D eigenvalue weighted by atomic mass is 10.2. The van der Waals surface area contributed by atoms with Crippen LogP contribution in [0.25, 0.3) is 0 Å². The van der Waals surface area contributed by atoms with Gasteiger partial charge in [-0.2, -0.15) is 0 Å². The van der Waals surface area contributed by atoms with E-state index in [2.05, 4.69) is 18.7 Å². The fraction of sp³-hybridized carbons (Fsp3) is 1.00. The van der Waals surface area contributed by atoms with E-state index in [1.165, 1.54) is 32.2 Å². The van der Waals surface area contributed by atoms with E-state index in [1.807, 2.05) is 0 Å². The molecular weight excluding hydrogens is 148 g/mol. The monoisotopic (exact) mass is 170 g/mol. The number of hydrogen-bond donors (Lipinski definition) is 1. The molecule has 1 aliphatic carbocycles. The zero-order chi connectivity index (χ0) is 8.97. The quantitative estimate of drug-likeness (QED) is 0.656. The van der Waals surface area contributed by atoms with Crippen LogP contribution in [-0.2, 0) is 0 Å². The highest BCUT2D eigenvalue weighted by atomic mass is 15.2. The Labute approximate surface area is 76.1 Å². The molecule has 0 saturated heterocycles. The Kier molecular flexibility index (Phi) is 4.02. The molecule has 0 spiro atoms. The standard InChI is InChI=1S/C10H22N2/c1-3-4-7-12(8-9(2)11)10-5-6-10/h9-10H,3-8,11H2,1-2H3/t9-/m0/s1. The summed E-state index contributed by atoms with van der Waals surface area (Å²) in [5, 5.41) is 0. The first kappa shape index (κ1) is 10.0. The van der Waals surface area contributed by atoms with E-state index in [4.69, 9.17) is 5.73 Å². The van der Waals surface area contributed by atoms with Crippen molar-refractivity contribution in [2.24, 2.45) is 5.73 Å². The molecule has 0 amide bonds. The van der Waals surface area contributed by atoms with Crippen LogP contribution in [0.4, 0.5) is 0 Å². The lowest BCUT2D eigenvalue weighted by molar-refractivity contribution is 0.247. The van der Waals surface area contributed by atoms with Gasteiger partial charge in [0.2, 0.25) is 0 Å². The van der Waals surface area contributed by atoms with Gasteiger partial charge >= 0.3 is 0 Å². The number of hydrogen-bond acceptors (Lipinski definition) is 2. The van der Waals surface area contributed by atoms with E-state index in [0.29, 0.717) is 6.04 Å². The highest BCUT2D eigenvalue weighted by molar-refractivity contribution is 4.85. The molecule has 2 heteroatoms. The largest absolute Gasteiger partial charge is 0.327 e. The molecule has 1 fully saturated rings. The molecule has 0 bridgehead atoms. The number of nitrogens with zero attached hydrogens (tertiary/aromatic N) is 1. The van der Waals surface area contributed by atoms with E-state index in [1.54, 1.807) is 0 Å². The fourth-order valence-electron chi connectivity index (χ4n) is 1.59. The maximum absolute atomic E-state index is 5.79. The van der Waals surface area contributed by atoms with Crippen molar-refractivity contribution in [1.29, 1.82) is 0 Å². The smallest absolute Gasteiger partial charge is 0.0139 e. The third-order valence-corrected chi connectivity index (χ3v) is 2.38. The minimum atomic E-state index is 0.336. The van der Waals surface area contributed by atoms with Gasteiger partial charge in [-0.05, 0) is 32.7 Å². The van der Waals surface area contributed by atoms with Gasteiger partial charge in [0, 0.05) is 18.6 Å². The number of rotatable bonds is 6.